The van der Waals surface area contributed by atoms with Crippen LogP contribution in [0.2, 0.25) is 0 Å². The van der Waals surface area contributed by atoms with Crippen LogP contribution >= 0.6 is 0 Å². The summed E-state index contributed by atoms with van der Waals surface area (Å²) >= 11 is 0. The zero-order valence-corrected chi connectivity index (χ0v) is 22.9. The molecule has 4 N–H and O–H groups in total. The Labute approximate surface area is 242 Å². The number of nitrogens with zero attached hydrogens (tertiary/aromatic N) is 4. The van der Waals surface area contributed by atoms with Crippen LogP contribution in [0.25, 0.3) is 0 Å². The van der Waals surface area contributed by atoms with E-state index in [0.29, 0.717) is 0 Å². The van der Waals surface area contributed by atoms with Crippen molar-refractivity contribution in [2.75, 3.05) is 72.0 Å². The predicted molar refractivity (Wildman–Crippen MR) is 136 cm³/mol. The molecular weight excluding hydrogens is 592 g/mol. The van der Waals surface area contributed by atoms with Gasteiger partial charge >= 0.3 is 29.8 Å². The second-order valence-electron chi connectivity index (χ2n) is 9.71. The molecule has 1 aliphatic heterocycles. The van der Waals surface area contributed by atoms with E-state index in [-0.39, 0.29) is 65.0 Å². The molecular formula is C25H32F4N4O10. The highest BCUT2D eigenvalue weighted by Gasteiger charge is 2.30. The highest BCUT2D eigenvalue weighted by atomic mass is 19.2. The van der Waals surface area contributed by atoms with Crippen LogP contribution in [0.1, 0.15) is 12.8 Å². The van der Waals surface area contributed by atoms with Crippen LogP contribution in [0.4, 0.5) is 17.6 Å². The number of esters is 1. The molecule has 1 atom stereocenters. The molecule has 0 bridgehead atoms. The molecule has 0 aromatic heterocycles. The van der Waals surface area contributed by atoms with Gasteiger partial charge in [-0.25, -0.2) is 8.78 Å². The second kappa shape index (κ2) is 16.7. The van der Waals surface area contributed by atoms with E-state index < -0.39 is 90.8 Å². The van der Waals surface area contributed by atoms with Crippen molar-refractivity contribution in [3.63, 3.8) is 0 Å². The van der Waals surface area contributed by atoms with Gasteiger partial charge in [0.2, 0.25) is 17.4 Å². The summed E-state index contributed by atoms with van der Waals surface area (Å²) in [5, 5.41) is 37.8. The molecule has 1 heterocycles. The Bertz CT molecular complexity index is 1130. The number of carbonyl (C=O) groups is 5. The number of carbonyl (C=O) groups excluding carboxylic acids is 1. The molecule has 1 fully saturated rings. The zero-order chi connectivity index (χ0) is 32.3. The number of ether oxygens (including phenoxy) is 1. The molecule has 1 unspecified atom stereocenters. The summed E-state index contributed by atoms with van der Waals surface area (Å²) in [6.07, 6.45) is -1.26. The third-order valence-corrected chi connectivity index (χ3v) is 6.58. The first-order chi connectivity index (χ1) is 20.2. The van der Waals surface area contributed by atoms with E-state index in [1.54, 1.807) is 0 Å². The van der Waals surface area contributed by atoms with Crippen LogP contribution in [0.15, 0.2) is 6.07 Å². The van der Waals surface area contributed by atoms with Gasteiger partial charge in [0, 0.05) is 64.8 Å². The van der Waals surface area contributed by atoms with Crippen LogP contribution in [0, 0.1) is 23.3 Å². The first kappa shape index (κ1) is 35.3. The molecule has 14 nitrogen and oxygen atoms in total. The van der Waals surface area contributed by atoms with Gasteiger partial charge in [0.1, 0.15) is 6.04 Å². The van der Waals surface area contributed by atoms with Gasteiger partial charge in [-0.05, 0) is 6.42 Å². The van der Waals surface area contributed by atoms with E-state index in [2.05, 4.69) is 4.74 Å². The first-order valence-corrected chi connectivity index (χ1v) is 13.0. The molecule has 1 saturated heterocycles. The Kier molecular flexibility index (Phi) is 13.7. The largest absolute Gasteiger partial charge is 0.480 e. The maximum atomic E-state index is 13.9. The Morgan fingerprint density at radius 3 is 1.40 bits per heavy atom. The topological polar surface area (TPSA) is 188 Å². The second-order valence-corrected chi connectivity index (χ2v) is 9.71. The molecule has 0 radical (unpaired) electrons. The summed E-state index contributed by atoms with van der Waals surface area (Å²) in [5.74, 6) is -15.5. The minimum absolute atomic E-state index is 0.0145. The summed E-state index contributed by atoms with van der Waals surface area (Å²) in [6.45, 7) is -1.09. The van der Waals surface area contributed by atoms with Crippen molar-refractivity contribution in [3.05, 3.63) is 29.3 Å². The molecule has 240 valence electrons. The Balaban J connectivity index is 2.25. The van der Waals surface area contributed by atoms with Gasteiger partial charge in [-0.3, -0.25) is 43.6 Å². The van der Waals surface area contributed by atoms with Crippen LogP contribution in [-0.4, -0.2) is 148 Å². The standard InChI is InChI=1S/C25H32F4N4O10/c26-15-11-16(27)23(29)24(22(15)28)43-21(40)2-1-17(25(41)42)33-9-7-31(13-19(36)37)5-3-30(12-18(34)35)4-6-32(8-10-33)14-20(38)39/h11,17H,1-10,12-14H2,(H,34,35)(H,36,37)(H,38,39)(H,41,42). The van der Waals surface area contributed by atoms with Crippen molar-refractivity contribution in [2.45, 2.75) is 18.9 Å². The van der Waals surface area contributed by atoms with Crippen molar-refractivity contribution in [2.24, 2.45) is 0 Å². The summed E-state index contributed by atoms with van der Waals surface area (Å²) < 4.78 is 59.1. The Morgan fingerprint density at radius 1 is 0.674 bits per heavy atom. The minimum Gasteiger partial charge on any atom is -0.480 e. The molecule has 0 saturated carbocycles. The number of carboxylic acid groups (broad SMARTS) is 4. The average Bonchev–Trinajstić information content (AvgIpc) is 2.90. The molecule has 2 rings (SSSR count). The number of aliphatic carboxylic acids is 4. The van der Waals surface area contributed by atoms with Gasteiger partial charge in [-0.15, -0.1) is 0 Å². The van der Waals surface area contributed by atoms with Gasteiger partial charge in [0.15, 0.2) is 11.6 Å². The van der Waals surface area contributed by atoms with Crippen molar-refractivity contribution >= 4 is 29.8 Å². The number of rotatable bonds is 12. The van der Waals surface area contributed by atoms with E-state index >= 15 is 0 Å². The van der Waals surface area contributed by atoms with Crippen LogP contribution in [0.3, 0.4) is 0 Å². The minimum atomic E-state index is -1.95. The summed E-state index contributed by atoms with van der Waals surface area (Å²) in [6, 6.07) is -1.53. The maximum absolute atomic E-state index is 13.9. The lowest BCUT2D eigenvalue weighted by Gasteiger charge is -2.35. The molecule has 18 heteroatoms. The van der Waals surface area contributed by atoms with E-state index in [1.165, 1.54) is 19.6 Å². The first-order valence-electron chi connectivity index (χ1n) is 13.0. The fraction of sp³-hybridized carbons (Fsp3) is 0.560. The number of carboxylic acids is 4. The van der Waals surface area contributed by atoms with Crippen molar-refractivity contribution < 1.29 is 66.7 Å². The van der Waals surface area contributed by atoms with Crippen molar-refractivity contribution in [3.8, 4) is 5.75 Å². The summed E-state index contributed by atoms with van der Waals surface area (Å²) in [7, 11) is 0. The van der Waals surface area contributed by atoms with Crippen LogP contribution < -0.4 is 4.74 Å². The van der Waals surface area contributed by atoms with E-state index in [9.17, 15) is 62.0 Å². The van der Waals surface area contributed by atoms with E-state index in [4.69, 9.17) is 0 Å². The Morgan fingerprint density at radius 2 is 1.05 bits per heavy atom. The number of benzene rings is 1. The van der Waals surface area contributed by atoms with E-state index in [0.717, 1.165) is 0 Å². The maximum Gasteiger partial charge on any atom is 0.320 e. The van der Waals surface area contributed by atoms with Crippen LogP contribution in [-0.2, 0) is 24.0 Å². The lowest BCUT2D eigenvalue weighted by Crippen LogP contribution is -2.52. The smallest absolute Gasteiger partial charge is 0.320 e. The highest BCUT2D eigenvalue weighted by molar-refractivity contribution is 5.76. The number of hydrogen-bond acceptors (Lipinski definition) is 10. The van der Waals surface area contributed by atoms with Gasteiger partial charge in [0.25, 0.3) is 0 Å². The van der Waals surface area contributed by atoms with Crippen LogP contribution in [0.5, 0.6) is 5.75 Å². The monoisotopic (exact) mass is 624 g/mol. The average molecular weight is 625 g/mol. The third-order valence-electron chi connectivity index (χ3n) is 6.58. The lowest BCUT2D eigenvalue weighted by molar-refractivity contribution is -0.145. The molecule has 1 aromatic rings. The molecule has 1 aromatic carbocycles. The third kappa shape index (κ3) is 11.7. The van der Waals surface area contributed by atoms with Gasteiger partial charge < -0.3 is 25.2 Å². The van der Waals surface area contributed by atoms with E-state index in [1.807, 2.05) is 0 Å². The SMILES string of the molecule is O=C(O)CN1CCN(CC(=O)O)CCN(C(CCC(=O)Oc2c(F)c(F)cc(F)c2F)C(=O)O)CCN(CC(=O)O)CC1. The molecule has 1 aliphatic rings. The highest BCUT2D eigenvalue weighted by Crippen LogP contribution is 2.27. The molecule has 0 aliphatic carbocycles. The molecule has 43 heavy (non-hydrogen) atoms. The van der Waals surface area contributed by atoms with Gasteiger partial charge in [-0.2, -0.15) is 8.78 Å². The molecule has 0 spiro atoms. The summed E-state index contributed by atoms with van der Waals surface area (Å²) in [4.78, 5) is 64.4. The van der Waals surface area contributed by atoms with Gasteiger partial charge in [0.05, 0.1) is 19.6 Å². The number of hydrogen-bond donors (Lipinski definition) is 4. The Hall–Kier alpha value is -3.87. The van der Waals surface area contributed by atoms with Crippen molar-refractivity contribution in [1.29, 1.82) is 0 Å². The molecule has 0 amide bonds. The van der Waals surface area contributed by atoms with Crippen molar-refractivity contribution in [1.82, 2.24) is 19.6 Å². The zero-order valence-electron chi connectivity index (χ0n) is 22.9. The number of halogens is 4. The predicted octanol–water partition coefficient (Wildman–Crippen LogP) is -0.143. The normalized spacial score (nSPS) is 17.4. The lowest BCUT2D eigenvalue weighted by atomic mass is 10.1. The fourth-order valence-electron chi connectivity index (χ4n) is 4.44. The summed E-state index contributed by atoms with van der Waals surface area (Å²) in [5.41, 5.74) is 0. The fourth-order valence-corrected chi connectivity index (χ4v) is 4.44. The van der Waals surface area contributed by atoms with Gasteiger partial charge in [-0.1, -0.05) is 0 Å². The quantitative estimate of drug-likeness (QED) is 0.104.